The first-order valence-corrected chi connectivity index (χ1v) is 6.00. The lowest BCUT2D eigenvalue weighted by Gasteiger charge is -2.05. The van der Waals surface area contributed by atoms with Gasteiger partial charge in [-0.25, -0.2) is 8.78 Å². The number of halogens is 2. The molecule has 1 amide bonds. The topological polar surface area (TPSA) is 59.0 Å². The van der Waals surface area contributed by atoms with Gasteiger partial charge >= 0.3 is 0 Å². The fraction of sp³-hybridized carbons (Fsp3) is 0.231. The Hall–Kier alpha value is -2.44. The van der Waals surface area contributed by atoms with Gasteiger partial charge in [0.15, 0.2) is 11.6 Å². The molecule has 106 valence electrons. The minimum Gasteiger partial charge on any atom is -0.378 e. The monoisotopic (exact) mass is 280 g/mol. The number of amides is 1. The normalized spacial score (nSPS) is 10.3. The lowest BCUT2D eigenvalue weighted by molar-refractivity contribution is -0.121. The van der Waals surface area contributed by atoms with Crippen molar-refractivity contribution in [2.45, 2.75) is 13.1 Å². The van der Waals surface area contributed by atoms with Crippen LogP contribution >= 0.6 is 0 Å². The van der Waals surface area contributed by atoms with Gasteiger partial charge in [0.1, 0.15) is 6.54 Å². The first-order chi connectivity index (χ1) is 9.60. The summed E-state index contributed by atoms with van der Waals surface area (Å²) >= 11 is 0. The van der Waals surface area contributed by atoms with Crippen LogP contribution in [0.25, 0.3) is 0 Å². The van der Waals surface area contributed by atoms with Crippen LogP contribution in [0.4, 0.5) is 14.5 Å². The van der Waals surface area contributed by atoms with Crippen molar-refractivity contribution in [2.24, 2.45) is 0 Å². The maximum atomic E-state index is 13.4. The van der Waals surface area contributed by atoms with Gasteiger partial charge in [-0.05, 0) is 6.07 Å². The Labute approximate surface area is 114 Å². The number of nitrogens with one attached hydrogen (secondary N) is 2. The smallest absolute Gasteiger partial charge is 0.241 e. The van der Waals surface area contributed by atoms with Crippen LogP contribution in [0.3, 0.4) is 0 Å². The van der Waals surface area contributed by atoms with E-state index in [0.717, 1.165) is 6.07 Å². The second-order valence-electron chi connectivity index (χ2n) is 4.17. The van der Waals surface area contributed by atoms with Crippen molar-refractivity contribution in [2.75, 3.05) is 12.4 Å². The Morgan fingerprint density at radius 2 is 2.20 bits per heavy atom. The minimum absolute atomic E-state index is 0.104. The molecular formula is C13H14F2N4O. The number of carbonyl (C=O) groups excluding carboxylic acids is 1. The zero-order valence-electron chi connectivity index (χ0n) is 10.9. The molecule has 5 nitrogen and oxygen atoms in total. The molecule has 2 rings (SSSR count). The standard InChI is InChI=1S/C13H14F2N4O/c1-16-12(20)8-19-7-10(6-18-19)17-5-9-3-2-4-11(14)13(9)15/h2-4,6-7,17H,5,8H2,1H3,(H,16,20). The van der Waals surface area contributed by atoms with E-state index in [4.69, 9.17) is 0 Å². The second-order valence-corrected chi connectivity index (χ2v) is 4.17. The lowest BCUT2D eigenvalue weighted by Crippen LogP contribution is -2.23. The number of aromatic nitrogens is 2. The molecule has 0 aliphatic rings. The van der Waals surface area contributed by atoms with Crippen molar-refractivity contribution in [3.8, 4) is 0 Å². The third kappa shape index (κ3) is 3.31. The molecule has 2 aromatic rings. The van der Waals surface area contributed by atoms with Gasteiger partial charge in [-0.3, -0.25) is 9.48 Å². The van der Waals surface area contributed by atoms with Crippen molar-refractivity contribution in [1.29, 1.82) is 0 Å². The highest BCUT2D eigenvalue weighted by atomic mass is 19.2. The number of likely N-dealkylation sites (N-methyl/N-ethyl adjacent to an activating group) is 1. The first kappa shape index (κ1) is 14.0. The number of nitrogens with zero attached hydrogens (tertiary/aromatic N) is 2. The van der Waals surface area contributed by atoms with Gasteiger partial charge in [0.05, 0.1) is 11.9 Å². The third-order valence-corrected chi connectivity index (χ3v) is 2.73. The summed E-state index contributed by atoms with van der Waals surface area (Å²) < 4.78 is 27.9. The van der Waals surface area contributed by atoms with Gasteiger partial charge in [-0.1, -0.05) is 12.1 Å². The molecule has 7 heteroatoms. The molecule has 0 spiro atoms. The van der Waals surface area contributed by atoms with Crippen LogP contribution in [0.1, 0.15) is 5.56 Å². The summed E-state index contributed by atoms with van der Waals surface area (Å²) in [5.41, 5.74) is 0.849. The van der Waals surface area contributed by atoms with Crippen molar-refractivity contribution >= 4 is 11.6 Å². The van der Waals surface area contributed by atoms with Crippen molar-refractivity contribution < 1.29 is 13.6 Å². The van der Waals surface area contributed by atoms with E-state index in [2.05, 4.69) is 15.7 Å². The zero-order valence-corrected chi connectivity index (χ0v) is 10.9. The van der Waals surface area contributed by atoms with Gasteiger partial charge in [0.25, 0.3) is 0 Å². The SMILES string of the molecule is CNC(=O)Cn1cc(NCc2cccc(F)c2F)cn1. The van der Waals surface area contributed by atoms with E-state index in [9.17, 15) is 13.6 Å². The zero-order chi connectivity index (χ0) is 14.5. The Balaban J connectivity index is 1.97. The molecule has 0 radical (unpaired) electrons. The maximum Gasteiger partial charge on any atom is 0.241 e. The van der Waals surface area contributed by atoms with Crippen LogP contribution in [0.15, 0.2) is 30.6 Å². The fourth-order valence-electron chi connectivity index (χ4n) is 1.65. The Bertz CT molecular complexity index is 612. The third-order valence-electron chi connectivity index (χ3n) is 2.73. The lowest BCUT2D eigenvalue weighted by atomic mass is 10.2. The van der Waals surface area contributed by atoms with E-state index in [0.29, 0.717) is 5.69 Å². The van der Waals surface area contributed by atoms with Crippen LogP contribution in [0.5, 0.6) is 0 Å². The Kier molecular flexibility index (Phi) is 4.29. The summed E-state index contributed by atoms with van der Waals surface area (Å²) in [6, 6.07) is 4.02. The highest BCUT2D eigenvalue weighted by Crippen LogP contribution is 2.13. The predicted molar refractivity (Wildman–Crippen MR) is 70.0 cm³/mol. The van der Waals surface area contributed by atoms with Crippen LogP contribution in [-0.4, -0.2) is 22.7 Å². The van der Waals surface area contributed by atoms with Gasteiger partial charge < -0.3 is 10.6 Å². The van der Waals surface area contributed by atoms with Crippen molar-refractivity contribution in [1.82, 2.24) is 15.1 Å². The molecule has 0 saturated carbocycles. The minimum atomic E-state index is -0.875. The summed E-state index contributed by atoms with van der Waals surface area (Å²) in [4.78, 5) is 11.2. The van der Waals surface area contributed by atoms with Crippen LogP contribution in [-0.2, 0) is 17.9 Å². The van der Waals surface area contributed by atoms with Gasteiger partial charge in [-0.2, -0.15) is 5.10 Å². The first-order valence-electron chi connectivity index (χ1n) is 6.00. The maximum absolute atomic E-state index is 13.4. The number of benzene rings is 1. The largest absolute Gasteiger partial charge is 0.378 e. The van der Waals surface area contributed by atoms with Gasteiger partial charge in [-0.15, -0.1) is 0 Å². The van der Waals surface area contributed by atoms with E-state index in [1.807, 2.05) is 0 Å². The molecule has 0 aliphatic carbocycles. The Morgan fingerprint density at radius 1 is 1.40 bits per heavy atom. The molecule has 0 saturated heterocycles. The molecule has 1 aromatic carbocycles. The molecule has 2 N–H and O–H groups in total. The van der Waals surface area contributed by atoms with E-state index < -0.39 is 11.6 Å². The fourth-order valence-corrected chi connectivity index (χ4v) is 1.65. The summed E-state index contributed by atoms with van der Waals surface area (Å²) in [6.45, 7) is 0.238. The predicted octanol–water partition coefficient (Wildman–Crippen LogP) is 1.52. The van der Waals surface area contributed by atoms with E-state index in [1.165, 1.54) is 30.1 Å². The van der Waals surface area contributed by atoms with Gasteiger partial charge in [0, 0.05) is 25.4 Å². The number of carbonyl (C=O) groups is 1. The summed E-state index contributed by atoms with van der Waals surface area (Å²) in [7, 11) is 1.54. The van der Waals surface area contributed by atoms with E-state index in [1.54, 1.807) is 6.20 Å². The summed E-state index contributed by atoms with van der Waals surface area (Å²) in [6.07, 6.45) is 3.13. The summed E-state index contributed by atoms with van der Waals surface area (Å²) in [5.74, 6) is -1.91. The molecule has 0 unspecified atom stereocenters. The molecular weight excluding hydrogens is 266 g/mol. The highest BCUT2D eigenvalue weighted by molar-refractivity contribution is 5.75. The van der Waals surface area contributed by atoms with Crippen molar-refractivity contribution in [3.63, 3.8) is 0 Å². The van der Waals surface area contributed by atoms with Gasteiger partial charge in [0.2, 0.25) is 5.91 Å². The molecule has 20 heavy (non-hydrogen) atoms. The average molecular weight is 280 g/mol. The number of rotatable bonds is 5. The number of anilines is 1. The quantitative estimate of drug-likeness (QED) is 0.873. The Morgan fingerprint density at radius 3 is 2.95 bits per heavy atom. The van der Waals surface area contributed by atoms with Crippen LogP contribution in [0, 0.1) is 11.6 Å². The van der Waals surface area contributed by atoms with Crippen molar-refractivity contribution in [3.05, 3.63) is 47.8 Å². The number of hydrogen-bond acceptors (Lipinski definition) is 3. The van der Waals surface area contributed by atoms with Crippen LogP contribution in [0.2, 0.25) is 0 Å². The molecule has 1 aromatic heterocycles. The van der Waals surface area contributed by atoms with Crippen LogP contribution < -0.4 is 10.6 Å². The molecule has 0 fully saturated rings. The second kappa shape index (κ2) is 6.14. The molecule has 0 atom stereocenters. The van der Waals surface area contributed by atoms with E-state index in [-0.39, 0.29) is 24.6 Å². The molecule has 0 aliphatic heterocycles. The van der Waals surface area contributed by atoms with E-state index >= 15 is 0 Å². The molecule has 1 heterocycles. The highest BCUT2D eigenvalue weighted by Gasteiger charge is 2.08. The molecule has 0 bridgehead atoms. The average Bonchev–Trinajstić information content (AvgIpc) is 2.88. The number of hydrogen-bond donors (Lipinski definition) is 2. The summed E-state index contributed by atoms with van der Waals surface area (Å²) in [5, 5.41) is 9.38.